The third-order valence-corrected chi connectivity index (χ3v) is 5.26. The number of nitrogens with zero attached hydrogens (tertiary/aromatic N) is 2. The van der Waals surface area contributed by atoms with Crippen LogP contribution in [0.2, 0.25) is 0 Å². The molecule has 1 aromatic rings. The smallest absolute Gasteiger partial charge is 0.410 e. The van der Waals surface area contributed by atoms with E-state index in [9.17, 15) is 18.8 Å². The molecule has 7 nitrogen and oxygen atoms in total. The molecule has 0 spiro atoms. The number of fused-ring (bicyclic) bond motifs is 1. The molecule has 8 heteroatoms. The van der Waals surface area contributed by atoms with E-state index in [0.717, 1.165) is 6.07 Å². The van der Waals surface area contributed by atoms with Crippen LogP contribution in [0.1, 0.15) is 62.3 Å². The van der Waals surface area contributed by atoms with E-state index in [1.807, 2.05) is 20.8 Å². The van der Waals surface area contributed by atoms with Gasteiger partial charge in [0.05, 0.1) is 11.1 Å². The molecule has 2 heterocycles. The maximum atomic E-state index is 14.6. The van der Waals surface area contributed by atoms with Gasteiger partial charge in [-0.05, 0) is 59.7 Å². The zero-order chi connectivity index (χ0) is 23.1. The summed E-state index contributed by atoms with van der Waals surface area (Å²) in [7, 11) is 0. The first-order chi connectivity index (χ1) is 14.2. The number of halogens is 1. The number of hydrogen-bond donors (Lipinski definition) is 0. The van der Waals surface area contributed by atoms with Crippen LogP contribution in [0.3, 0.4) is 0 Å². The SMILES string of the molecule is CC(C)(C)OC(=O)c1ccc(C(=O)N2CC3CN(C(=O)OC(C)(C)C)CC3C2)c(F)c1. The quantitative estimate of drug-likeness (QED) is 0.663. The van der Waals surface area contributed by atoms with E-state index < -0.39 is 28.9 Å². The first-order valence-electron chi connectivity index (χ1n) is 10.5. The van der Waals surface area contributed by atoms with E-state index in [2.05, 4.69) is 0 Å². The Kier molecular flexibility index (Phi) is 6.04. The van der Waals surface area contributed by atoms with Gasteiger partial charge in [0, 0.05) is 38.0 Å². The molecule has 0 saturated carbocycles. The zero-order valence-corrected chi connectivity index (χ0v) is 19.0. The third-order valence-electron chi connectivity index (χ3n) is 5.26. The fourth-order valence-corrected chi connectivity index (χ4v) is 3.96. The highest BCUT2D eigenvalue weighted by molar-refractivity contribution is 5.96. The summed E-state index contributed by atoms with van der Waals surface area (Å²) in [5.41, 5.74) is -1.26. The molecule has 2 unspecified atom stereocenters. The van der Waals surface area contributed by atoms with Crippen molar-refractivity contribution < 1.29 is 28.2 Å². The minimum atomic E-state index is -0.749. The molecule has 0 aromatic heterocycles. The van der Waals surface area contributed by atoms with Crippen LogP contribution < -0.4 is 0 Å². The molecule has 1 aromatic carbocycles. The molecule has 0 bridgehead atoms. The molecule has 0 aliphatic carbocycles. The van der Waals surface area contributed by atoms with Crippen LogP contribution in [0.15, 0.2) is 18.2 Å². The number of likely N-dealkylation sites (tertiary alicyclic amines) is 2. The van der Waals surface area contributed by atoms with Gasteiger partial charge in [-0.3, -0.25) is 4.79 Å². The van der Waals surface area contributed by atoms with Crippen LogP contribution >= 0.6 is 0 Å². The molecule has 3 rings (SSSR count). The van der Waals surface area contributed by atoms with Crippen molar-refractivity contribution in [2.75, 3.05) is 26.2 Å². The molecule has 31 heavy (non-hydrogen) atoms. The van der Waals surface area contributed by atoms with Crippen LogP contribution in [0.4, 0.5) is 9.18 Å². The third kappa shape index (κ3) is 5.54. The lowest BCUT2D eigenvalue weighted by atomic mass is 10.0. The van der Waals surface area contributed by atoms with E-state index in [1.165, 1.54) is 12.1 Å². The first-order valence-corrected chi connectivity index (χ1v) is 10.5. The van der Waals surface area contributed by atoms with Gasteiger partial charge < -0.3 is 19.3 Å². The highest BCUT2D eigenvalue weighted by Crippen LogP contribution is 2.33. The monoisotopic (exact) mass is 434 g/mol. The van der Waals surface area contributed by atoms with Crippen molar-refractivity contribution in [3.05, 3.63) is 35.1 Å². The molecule has 2 amide bonds. The van der Waals surface area contributed by atoms with Crippen LogP contribution in [0.5, 0.6) is 0 Å². The van der Waals surface area contributed by atoms with Crippen LogP contribution in [0, 0.1) is 17.7 Å². The molecule has 2 aliphatic rings. The summed E-state index contributed by atoms with van der Waals surface area (Å²) >= 11 is 0. The lowest BCUT2D eigenvalue weighted by Gasteiger charge is -2.26. The van der Waals surface area contributed by atoms with Gasteiger partial charge >= 0.3 is 12.1 Å². The molecule has 170 valence electrons. The Balaban J connectivity index is 1.62. The molecular weight excluding hydrogens is 403 g/mol. The maximum absolute atomic E-state index is 14.6. The number of benzene rings is 1. The Morgan fingerprint density at radius 1 is 0.871 bits per heavy atom. The van der Waals surface area contributed by atoms with E-state index >= 15 is 0 Å². The molecular formula is C23H31FN2O5. The van der Waals surface area contributed by atoms with Crippen LogP contribution in [-0.4, -0.2) is 65.2 Å². The van der Waals surface area contributed by atoms with E-state index in [-0.39, 0.29) is 29.1 Å². The van der Waals surface area contributed by atoms with E-state index in [1.54, 1.807) is 30.6 Å². The minimum absolute atomic E-state index is 0.0651. The Morgan fingerprint density at radius 2 is 1.39 bits per heavy atom. The summed E-state index contributed by atoms with van der Waals surface area (Å²) in [6.45, 7) is 12.6. The summed E-state index contributed by atoms with van der Waals surface area (Å²) in [6.07, 6.45) is -0.344. The standard InChI is InChI=1S/C23H31FN2O5/c1-22(2,3)30-20(28)14-7-8-17(18(24)9-14)19(27)25-10-15-12-26(13-16(15)11-25)21(29)31-23(4,5)6/h7-9,15-16H,10-13H2,1-6H3. The van der Waals surface area contributed by atoms with Gasteiger partial charge in [0.1, 0.15) is 17.0 Å². The molecule has 2 aliphatic heterocycles. The normalized spacial score (nSPS) is 21.1. The lowest BCUT2D eigenvalue weighted by Crippen LogP contribution is -2.38. The fraction of sp³-hybridized carbons (Fsp3) is 0.609. The summed E-state index contributed by atoms with van der Waals surface area (Å²) in [6, 6.07) is 3.78. The Labute approximate surface area is 182 Å². The zero-order valence-electron chi connectivity index (χ0n) is 19.0. The highest BCUT2D eigenvalue weighted by atomic mass is 19.1. The van der Waals surface area contributed by atoms with E-state index in [0.29, 0.717) is 26.2 Å². The van der Waals surface area contributed by atoms with Gasteiger partial charge in [0.25, 0.3) is 5.91 Å². The van der Waals surface area contributed by atoms with Gasteiger partial charge in [-0.15, -0.1) is 0 Å². The predicted octanol–water partition coefficient (Wildman–Crippen LogP) is 3.72. The topological polar surface area (TPSA) is 76.2 Å². The average Bonchev–Trinajstić information content (AvgIpc) is 3.17. The predicted molar refractivity (Wildman–Crippen MR) is 112 cm³/mol. The number of carbonyl (C=O) groups is 3. The largest absolute Gasteiger partial charge is 0.456 e. The van der Waals surface area contributed by atoms with Gasteiger partial charge in [-0.1, -0.05) is 0 Å². The molecule has 0 radical (unpaired) electrons. The van der Waals surface area contributed by atoms with Crippen molar-refractivity contribution >= 4 is 18.0 Å². The average molecular weight is 435 g/mol. The van der Waals surface area contributed by atoms with Gasteiger partial charge in [0.15, 0.2) is 0 Å². The van der Waals surface area contributed by atoms with Gasteiger partial charge in [-0.2, -0.15) is 0 Å². The van der Waals surface area contributed by atoms with Crippen molar-refractivity contribution in [2.24, 2.45) is 11.8 Å². The fourth-order valence-electron chi connectivity index (χ4n) is 3.96. The number of esters is 1. The second kappa shape index (κ2) is 8.13. The molecule has 2 atom stereocenters. The Morgan fingerprint density at radius 3 is 1.87 bits per heavy atom. The Bertz CT molecular complexity index is 873. The second-order valence-corrected chi connectivity index (χ2v) is 10.3. The summed E-state index contributed by atoms with van der Waals surface area (Å²) in [5, 5.41) is 0. The first kappa shape index (κ1) is 23.0. The summed E-state index contributed by atoms with van der Waals surface area (Å²) in [5.74, 6) is -1.52. The van der Waals surface area contributed by atoms with Crippen molar-refractivity contribution in [3.8, 4) is 0 Å². The lowest BCUT2D eigenvalue weighted by molar-refractivity contribution is 0.00679. The van der Waals surface area contributed by atoms with Crippen molar-refractivity contribution in [1.82, 2.24) is 9.80 Å². The molecule has 2 fully saturated rings. The second-order valence-electron chi connectivity index (χ2n) is 10.3. The summed E-state index contributed by atoms with van der Waals surface area (Å²) in [4.78, 5) is 40.6. The number of carbonyl (C=O) groups excluding carboxylic acids is 3. The highest BCUT2D eigenvalue weighted by Gasteiger charge is 2.44. The van der Waals surface area contributed by atoms with Crippen molar-refractivity contribution in [3.63, 3.8) is 0 Å². The van der Waals surface area contributed by atoms with Crippen LogP contribution in [0.25, 0.3) is 0 Å². The maximum Gasteiger partial charge on any atom is 0.410 e. The number of rotatable bonds is 2. The number of ether oxygens (including phenoxy) is 2. The van der Waals surface area contributed by atoms with Gasteiger partial charge in [0.2, 0.25) is 0 Å². The van der Waals surface area contributed by atoms with Crippen molar-refractivity contribution in [1.29, 1.82) is 0 Å². The molecule has 2 saturated heterocycles. The molecule has 0 N–H and O–H groups in total. The number of amides is 2. The van der Waals surface area contributed by atoms with Crippen molar-refractivity contribution in [2.45, 2.75) is 52.7 Å². The summed E-state index contributed by atoms with van der Waals surface area (Å²) < 4.78 is 25.3. The van der Waals surface area contributed by atoms with E-state index in [4.69, 9.17) is 9.47 Å². The van der Waals surface area contributed by atoms with Crippen LogP contribution in [-0.2, 0) is 9.47 Å². The van der Waals surface area contributed by atoms with Gasteiger partial charge in [-0.25, -0.2) is 14.0 Å². The number of hydrogen-bond acceptors (Lipinski definition) is 5. The Hall–Kier alpha value is -2.64. The minimum Gasteiger partial charge on any atom is -0.456 e.